The molecular formula is C12H19N3O3. The molecule has 0 atom stereocenters. The molecule has 3 N–H and O–H groups in total. The highest BCUT2D eigenvalue weighted by Crippen LogP contribution is 2.08. The molecule has 0 saturated carbocycles. The fraction of sp³-hybridized carbons (Fsp3) is 0.500. The molecule has 1 aromatic heterocycles. The molecule has 1 aromatic rings. The van der Waals surface area contributed by atoms with E-state index in [1.54, 1.807) is 19.4 Å². The number of amides is 1. The number of carbonyl (C=O) groups excluding carboxylic acids is 1. The van der Waals surface area contributed by atoms with Crippen molar-refractivity contribution in [3.8, 4) is 5.75 Å². The van der Waals surface area contributed by atoms with Crippen LogP contribution >= 0.6 is 0 Å². The Labute approximate surface area is 106 Å². The molecule has 0 aromatic carbocycles. The van der Waals surface area contributed by atoms with Crippen LogP contribution in [0.3, 0.4) is 0 Å². The van der Waals surface area contributed by atoms with Gasteiger partial charge in [-0.25, -0.2) is 0 Å². The topological polar surface area (TPSA) is 86.5 Å². The van der Waals surface area contributed by atoms with Crippen molar-refractivity contribution >= 4 is 5.91 Å². The number of nitrogens with two attached hydrogens (primary N) is 1. The van der Waals surface area contributed by atoms with Crippen molar-refractivity contribution in [1.82, 2.24) is 10.3 Å². The van der Waals surface area contributed by atoms with E-state index in [9.17, 15) is 4.79 Å². The quantitative estimate of drug-likeness (QED) is 0.622. The lowest BCUT2D eigenvalue weighted by Gasteiger charge is -2.07. The molecule has 0 aliphatic heterocycles. The molecule has 0 fully saturated rings. The predicted octanol–water partition coefficient (Wildman–Crippen LogP) is -0.276. The van der Waals surface area contributed by atoms with Crippen molar-refractivity contribution in [3.05, 3.63) is 24.0 Å². The number of aromatic nitrogens is 1. The highest BCUT2D eigenvalue weighted by Gasteiger charge is 2.02. The summed E-state index contributed by atoms with van der Waals surface area (Å²) in [6.07, 6.45) is 2.32. The summed E-state index contributed by atoms with van der Waals surface area (Å²) in [5.74, 6) is 0.385. The van der Waals surface area contributed by atoms with E-state index in [2.05, 4.69) is 10.3 Å². The smallest absolute Gasteiger partial charge is 0.258 e. The van der Waals surface area contributed by atoms with Crippen molar-refractivity contribution < 1.29 is 14.3 Å². The van der Waals surface area contributed by atoms with Crippen LogP contribution in [-0.2, 0) is 16.0 Å². The molecular weight excluding hydrogens is 234 g/mol. The molecule has 0 aliphatic carbocycles. The van der Waals surface area contributed by atoms with E-state index in [4.69, 9.17) is 15.2 Å². The monoisotopic (exact) mass is 253 g/mol. The van der Waals surface area contributed by atoms with Gasteiger partial charge in [-0.2, -0.15) is 0 Å². The van der Waals surface area contributed by atoms with E-state index >= 15 is 0 Å². The van der Waals surface area contributed by atoms with Gasteiger partial charge in [0, 0.05) is 25.8 Å². The molecule has 0 saturated heterocycles. The molecule has 1 rings (SSSR count). The average Bonchev–Trinajstić information content (AvgIpc) is 2.39. The third-order valence-electron chi connectivity index (χ3n) is 2.20. The van der Waals surface area contributed by atoms with Crippen LogP contribution in [0, 0.1) is 0 Å². The first kappa shape index (κ1) is 14.4. The molecule has 0 unspecified atom stereocenters. The van der Waals surface area contributed by atoms with Crippen molar-refractivity contribution in [1.29, 1.82) is 0 Å². The summed E-state index contributed by atoms with van der Waals surface area (Å²) in [5, 5.41) is 2.66. The van der Waals surface area contributed by atoms with Gasteiger partial charge in [0.1, 0.15) is 5.75 Å². The minimum atomic E-state index is -0.182. The van der Waals surface area contributed by atoms with Crippen LogP contribution in [0.1, 0.15) is 5.69 Å². The number of pyridine rings is 1. The SMILES string of the molecule is COCCNC(=O)COc1ccc(CCN)nc1. The van der Waals surface area contributed by atoms with Crippen molar-refractivity contribution in [2.24, 2.45) is 5.73 Å². The zero-order chi connectivity index (χ0) is 13.2. The largest absolute Gasteiger partial charge is 0.482 e. The number of nitrogens with one attached hydrogen (secondary N) is 1. The Kier molecular flexibility index (Phi) is 6.75. The summed E-state index contributed by atoms with van der Waals surface area (Å²) in [6.45, 7) is 1.50. The summed E-state index contributed by atoms with van der Waals surface area (Å²) in [5.41, 5.74) is 6.33. The molecule has 6 nitrogen and oxygen atoms in total. The van der Waals surface area contributed by atoms with Gasteiger partial charge in [-0.05, 0) is 18.7 Å². The van der Waals surface area contributed by atoms with Gasteiger partial charge < -0.3 is 20.5 Å². The molecule has 0 aliphatic rings. The second kappa shape index (κ2) is 8.43. The Morgan fingerprint density at radius 2 is 2.33 bits per heavy atom. The molecule has 0 spiro atoms. The number of ether oxygens (including phenoxy) is 2. The van der Waals surface area contributed by atoms with Gasteiger partial charge in [-0.1, -0.05) is 0 Å². The van der Waals surface area contributed by atoms with Crippen LogP contribution in [0.25, 0.3) is 0 Å². The van der Waals surface area contributed by atoms with Crippen LogP contribution in [0.15, 0.2) is 18.3 Å². The Bertz CT molecular complexity index is 354. The Balaban J connectivity index is 2.27. The normalized spacial score (nSPS) is 10.1. The molecule has 0 bridgehead atoms. The Morgan fingerprint density at radius 3 is 2.94 bits per heavy atom. The van der Waals surface area contributed by atoms with Gasteiger partial charge in [-0.3, -0.25) is 9.78 Å². The summed E-state index contributed by atoms with van der Waals surface area (Å²) in [7, 11) is 1.58. The summed E-state index contributed by atoms with van der Waals surface area (Å²) in [4.78, 5) is 15.5. The maximum absolute atomic E-state index is 11.3. The first-order chi connectivity index (χ1) is 8.76. The molecule has 0 radical (unpaired) electrons. The highest BCUT2D eigenvalue weighted by molar-refractivity contribution is 5.77. The van der Waals surface area contributed by atoms with Gasteiger partial charge in [0.2, 0.25) is 0 Å². The molecule has 18 heavy (non-hydrogen) atoms. The van der Waals surface area contributed by atoms with E-state index in [-0.39, 0.29) is 12.5 Å². The second-order valence-electron chi connectivity index (χ2n) is 3.66. The fourth-order valence-electron chi connectivity index (χ4n) is 1.28. The summed E-state index contributed by atoms with van der Waals surface area (Å²) < 4.78 is 10.1. The number of nitrogens with zero attached hydrogens (tertiary/aromatic N) is 1. The Morgan fingerprint density at radius 1 is 1.50 bits per heavy atom. The van der Waals surface area contributed by atoms with Crippen LogP contribution in [-0.4, -0.2) is 44.3 Å². The van der Waals surface area contributed by atoms with E-state index < -0.39 is 0 Å². The number of carbonyl (C=O) groups is 1. The first-order valence-electron chi connectivity index (χ1n) is 5.79. The van der Waals surface area contributed by atoms with E-state index in [1.165, 1.54) is 0 Å². The molecule has 1 amide bonds. The maximum Gasteiger partial charge on any atom is 0.258 e. The maximum atomic E-state index is 11.3. The predicted molar refractivity (Wildman–Crippen MR) is 67.4 cm³/mol. The average molecular weight is 253 g/mol. The number of hydrogen-bond acceptors (Lipinski definition) is 5. The summed E-state index contributed by atoms with van der Waals surface area (Å²) >= 11 is 0. The third kappa shape index (κ3) is 5.60. The summed E-state index contributed by atoms with van der Waals surface area (Å²) in [6, 6.07) is 3.62. The van der Waals surface area contributed by atoms with E-state index in [0.717, 1.165) is 12.1 Å². The number of hydrogen-bond donors (Lipinski definition) is 2. The lowest BCUT2D eigenvalue weighted by atomic mass is 10.3. The van der Waals surface area contributed by atoms with Crippen molar-refractivity contribution in [2.45, 2.75) is 6.42 Å². The van der Waals surface area contributed by atoms with Gasteiger partial charge in [0.25, 0.3) is 5.91 Å². The minimum absolute atomic E-state index is 0.0262. The van der Waals surface area contributed by atoms with Crippen molar-refractivity contribution in [3.63, 3.8) is 0 Å². The van der Waals surface area contributed by atoms with Crippen LogP contribution in [0.5, 0.6) is 5.75 Å². The fourth-order valence-corrected chi connectivity index (χ4v) is 1.28. The van der Waals surface area contributed by atoms with Gasteiger partial charge in [-0.15, -0.1) is 0 Å². The van der Waals surface area contributed by atoms with Gasteiger partial charge in [0.05, 0.1) is 12.8 Å². The minimum Gasteiger partial charge on any atom is -0.482 e. The second-order valence-corrected chi connectivity index (χ2v) is 3.66. The number of methoxy groups -OCH3 is 1. The zero-order valence-corrected chi connectivity index (χ0v) is 10.5. The molecule has 1 heterocycles. The van der Waals surface area contributed by atoms with Crippen LogP contribution < -0.4 is 15.8 Å². The Hall–Kier alpha value is -1.66. The van der Waals surface area contributed by atoms with Crippen molar-refractivity contribution in [2.75, 3.05) is 33.4 Å². The lowest BCUT2D eigenvalue weighted by molar-refractivity contribution is -0.123. The van der Waals surface area contributed by atoms with Gasteiger partial charge in [0.15, 0.2) is 6.61 Å². The van der Waals surface area contributed by atoms with E-state index in [0.29, 0.717) is 25.4 Å². The highest BCUT2D eigenvalue weighted by atomic mass is 16.5. The third-order valence-corrected chi connectivity index (χ3v) is 2.20. The van der Waals surface area contributed by atoms with Crippen LogP contribution in [0.2, 0.25) is 0 Å². The van der Waals surface area contributed by atoms with Gasteiger partial charge >= 0.3 is 0 Å². The number of rotatable bonds is 8. The molecule has 100 valence electrons. The standard InChI is InChI=1S/C12H19N3O3/c1-17-7-6-14-12(16)9-18-11-3-2-10(4-5-13)15-8-11/h2-3,8H,4-7,9,13H2,1H3,(H,14,16). The zero-order valence-electron chi connectivity index (χ0n) is 10.5. The first-order valence-corrected chi connectivity index (χ1v) is 5.79. The molecule has 6 heteroatoms. The van der Waals surface area contributed by atoms with E-state index in [1.807, 2.05) is 6.07 Å². The van der Waals surface area contributed by atoms with Crippen LogP contribution in [0.4, 0.5) is 0 Å². The lowest BCUT2D eigenvalue weighted by Crippen LogP contribution is -2.31.